The lowest BCUT2D eigenvalue weighted by Crippen LogP contribution is -2.39. The topological polar surface area (TPSA) is 53.9 Å². The Morgan fingerprint density at radius 3 is 2.50 bits per heavy atom. The number of methoxy groups -OCH3 is 1. The molecule has 0 bridgehead atoms. The molecule has 22 heavy (non-hydrogen) atoms. The summed E-state index contributed by atoms with van der Waals surface area (Å²) < 4.78 is 4.61. The molecule has 0 aromatic heterocycles. The van der Waals surface area contributed by atoms with E-state index in [4.69, 9.17) is 0 Å². The highest BCUT2D eigenvalue weighted by Gasteiger charge is 2.07. The summed E-state index contributed by atoms with van der Waals surface area (Å²) in [7, 11) is 5.09. The molecule has 0 aliphatic carbocycles. The molecule has 5 nitrogen and oxygen atoms in total. The number of guanidine groups is 1. The number of rotatable bonds is 6. The smallest absolute Gasteiger partial charge is 0.307 e. The quantitative estimate of drug-likeness (QED) is 0.244. The number of esters is 1. The number of ether oxygens (including phenoxy) is 1. The van der Waals surface area contributed by atoms with Gasteiger partial charge in [-0.05, 0) is 24.0 Å². The Hall–Kier alpha value is -0.960. The minimum Gasteiger partial charge on any atom is -0.469 e. The van der Waals surface area contributed by atoms with Crippen molar-refractivity contribution in [3.63, 3.8) is 0 Å². The number of nitrogens with zero attached hydrogens (tertiary/aromatic N) is 2. The van der Waals surface area contributed by atoms with E-state index < -0.39 is 0 Å². The second-order valence-corrected chi connectivity index (χ2v) is 5.38. The van der Waals surface area contributed by atoms with Crippen LogP contribution in [0.1, 0.15) is 12.0 Å². The van der Waals surface area contributed by atoms with Crippen LogP contribution in [0.3, 0.4) is 0 Å². The van der Waals surface area contributed by atoms with Gasteiger partial charge in [0.2, 0.25) is 0 Å². The predicted octanol–water partition coefficient (Wildman–Crippen LogP) is 2.60. The van der Waals surface area contributed by atoms with Gasteiger partial charge in [-0.15, -0.1) is 35.7 Å². The number of hydrogen-bond donors (Lipinski definition) is 1. The second kappa shape index (κ2) is 11.6. The van der Waals surface area contributed by atoms with Gasteiger partial charge in [0.15, 0.2) is 5.96 Å². The molecule has 0 amide bonds. The van der Waals surface area contributed by atoms with Gasteiger partial charge in [-0.3, -0.25) is 9.79 Å². The van der Waals surface area contributed by atoms with Crippen LogP contribution in [0.2, 0.25) is 0 Å². The number of carbonyl (C=O) groups excluding carboxylic acids is 1. The molecule has 0 fully saturated rings. The van der Waals surface area contributed by atoms with Gasteiger partial charge in [-0.25, -0.2) is 0 Å². The minimum atomic E-state index is -0.228. The molecule has 0 unspecified atom stereocenters. The zero-order chi connectivity index (χ0) is 15.7. The van der Waals surface area contributed by atoms with Gasteiger partial charge in [-0.2, -0.15) is 0 Å². The van der Waals surface area contributed by atoms with Gasteiger partial charge in [0.05, 0.1) is 13.5 Å². The molecule has 0 saturated heterocycles. The summed E-state index contributed by atoms with van der Waals surface area (Å²) in [6.45, 7) is 1.27. The van der Waals surface area contributed by atoms with Crippen LogP contribution in [0, 0.1) is 0 Å². The summed E-state index contributed by atoms with van der Waals surface area (Å²) in [6.07, 6.45) is 2.39. The summed E-state index contributed by atoms with van der Waals surface area (Å²) in [4.78, 5) is 18.6. The lowest BCUT2D eigenvalue weighted by atomic mass is 10.2. The van der Waals surface area contributed by atoms with Crippen LogP contribution in [0.15, 0.2) is 34.2 Å². The Labute approximate surface area is 153 Å². The number of carbonyl (C=O) groups is 1. The molecule has 0 saturated carbocycles. The molecule has 0 spiro atoms. The fourth-order valence-corrected chi connectivity index (χ4v) is 2.25. The Morgan fingerprint density at radius 2 is 2.00 bits per heavy atom. The first-order valence-corrected chi connectivity index (χ1v) is 7.94. The Morgan fingerprint density at radius 1 is 1.36 bits per heavy atom. The average Bonchev–Trinajstić information content (AvgIpc) is 2.51. The number of hydrogen-bond acceptors (Lipinski definition) is 4. The van der Waals surface area contributed by atoms with E-state index in [0.29, 0.717) is 13.0 Å². The first-order valence-electron chi connectivity index (χ1n) is 6.72. The Bertz CT molecular complexity index is 480. The molecule has 0 aliphatic rings. The maximum absolute atomic E-state index is 11.1. The fourth-order valence-electron chi connectivity index (χ4n) is 1.84. The highest BCUT2D eigenvalue weighted by Crippen LogP contribution is 2.15. The van der Waals surface area contributed by atoms with Crippen molar-refractivity contribution in [1.82, 2.24) is 10.2 Å². The summed E-state index contributed by atoms with van der Waals surface area (Å²) >= 11 is 1.73. The molecule has 7 heteroatoms. The van der Waals surface area contributed by atoms with Crippen LogP contribution >= 0.6 is 35.7 Å². The van der Waals surface area contributed by atoms with Crippen LogP contribution in [0.25, 0.3) is 0 Å². The van der Waals surface area contributed by atoms with Gasteiger partial charge in [0.1, 0.15) is 0 Å². The van der Waals surface area contributed by atoms with Crippen molar-refractivity contribution < 1.29 is 9.53 Å². The molecular formula is C15H24IN3O2S. The van der Waals surface area contributed by atoms with E-state index in [1.807, 2.05) is 11.9 Å². The molecule has 124 valence electrons. The third kappa shape index (κ3) is 7.35. The van der Waals surface area contributed by atoms with Crippen LogP contribution in [-0.2, 0) is 16.1 Å². The summed E-state index contributed by atoms with van der Waals surface area (Å²) in [5.74, 6) is 0.529. The van der Waals surface area contributed by atoms with Crippen molar-refractivity contribution in [2.45, 2.75) is 17.9 Å². The highest BCUT2D eigenvalue weighted by molar-refractivity contribution is 14.0. The van der Waals surface area contributed by atoms with E-state index in [2.05, 4.69) is 45.6 Å². The SMILES string of the molecule is CN=C(NCCC(=O)OC)N(C)Cc1ccc(SC)cc1.I. The van der Waals surface area contributed by atoms with Crippen molar-refractivity contribution >= 4 is 47.7 Å². The van der Waals surface area contributed by atoms with E-state index in [-0.39, 0.29) is 29.9 Å². The van der Waals surface area contributed by atoms with Crippen LogP contribution in [-0.4, -0.2) is 50.8 Å². The van der Waals surface area contributed by atoms with Gasteiger partial charge in [0, 0.05) is 32.1 Å². The minimum absolute atomic E-state index is 0. The first kappa shape index (κ1) is 21.0. The van der Waals surface area contributed by atoms with Gasteiger partial charge < -0.3 is 15.0 Å². The molecule has 0 atom stereocenters. The van der Waals surface area contributed by atoms with Crippen LogP contribution < -0.4 is 5.32 Å². The van der Waals surface area contributed by atoms with Crippen molar-refractivity contribution in [2.75, 3.05) is 34.0 Å². The van der Waals surface area contributed by atoms with Gasteiger partial charge >= 0.3 is 5.97 Å². The highest BCUT2D eigenvalue weighted by atomic mass is 127. The number of aliphatic imine (C=N–C) groups is 1. The Balaban J connectivity index is 0.00000441. The lowest BCUT2D eigenvalue weighted by molar-refractivity contribution is -0.140. The first-order chi connectivity index (χ1) is 10.1. The molecule has 0 aliphatic heterocycles. The normalized spacial score (nSPS) is 10.6. The van der Waals surface area contributed by atoms with Crippen molar-refractivity contribution in [3.8, 4) is 0 Å². The fraction of sp³-hybridized carbons (Fsp3) is 0.467. The van der Waals surface area contributed by atoms with Crippen LogP contribution in [0.5, 0.6) is 0 Å². The zero-order valence-corrected chi connectivity index (χ0v) is 16.6. The summed E-state index contributed by atoms with van der Waals surface area (Å²) in [6, 6.07) is 8.46. The average molecular weight is 437 g/mol. The molecular weight excluding hydrogens is 413 g/mol. The predicted molar refractivity (Wildman–Crippen MR) is 103 cm³/mol. The largest absolute Gasteiger partial charge is 0.469 e. The third-order valence-electron chi connectivity index (χ3n) is 2.99. The third-order valence-corrected chi connectivity index (χ3v) is 3.74. The van der Waals surface area contributed by atoms with E-state index in [1.165, 1.54) is 17.6 Å². The molecule has 0 heterocycles. The molecule has 1 aromatic rings. The monoisotopic (exact) mass is 437 g/mol. The molecule has 1 aromatic carbocycles. The van der Waals surface area contributed by atoms with Crippen molar-refractivity contribution in [2.24, 2.45) is 4.99 Å². The number of halogens is 1. The van der Waals surface area contributed by atoms with E-state index >= 15 is 0 Å². The number of nitrogens with one attached hydrogen (secondary N) is 1. The lowest BCUT2D eigenvalue weighted by Gasteiger charge is -2.22. The van der Waals surface area contributed by atoms with Crippen molar-refractivity contribution in [3.05, 3.63) is 29.8 Å². The zero-order valence-electron chi connectivity index (χ0n) is 13.5. The second-order valence-electron chi connectivity index (χ2n) is 4.50. The standard InChI is InChI=1S/C15H23N3O2S.HI/c1-16-15(17-10-9-14(19)20-3)18(2)11-12-5-7-13(21-4)8-6-12;/h5-8H,9-11H2,1-4H3,(H,16,17);1H. The summed E-state index contributed by atoms with van der Waals surface area (Å²) in [5, 5.41) is 3.15. The van der Waals surface area contributed by atoms with Gasteiger partial charge in [-0.1, -0.05) is 12.1 Å². The molecule has 1 N–H and O–H groups in total. The maximum atomic E-state index is 11.1. The number of benzene rings is 1. The maximum Gasteiger partial charge on any atom is 0.307 e. The van der Waals surface area contributed by atoms with Crippen molar-refractivity contribution in [1.29, 1.82) is 0 Å². The van der Waals surface area contributed by atoms with E-state index in [0.717, 1.165) is 12.5 Å². The van der Waals surface area contributed by atoms with Crippen LogP contribution in [0.4, 0.5) is 0 Å². The van der Waals surface area contributed by atoms with E-state index in [9.17, 15) is 4.79 Å². The van der Waals surface area contributed by atoms with Gasteiger partial charge in [0.25, 0.3) is 0 Å². The molecule has 1 rings (SSSR count). The Kier molecular flexibility index (Phi) is 11.1. The number of thioether (sulfide) groups is 1. The molecule has 0 radical (unpaired) electrons. The summed E-state index contributed by atoms with van der Waals surface area (Å²) in [5.41, 5.74) is 1.21. The van der Waals surface area contributed by atoms with E-state index in [1.54, 1.807) is 18.8 Å².